The number of carbonyl (C=O) groups is 2. The highest BCUT2D eigenvalue weighted by Gasteiger charge is 2.34. The molecule has 25 heavy (non-hydrogen) atoms. The Morgan fingerprint density at radius 2 is 1.92 bits per heavy atom. The summed E-state index contributed by atoms with van der Waals surface area (Å²) in [5.41, 5.74) is 1.84. The van der Waals surface area contributed by atoms with Crippen molar-refractivity contribution in [2.75, 3.05) is 45.4 Å². The van der Waals surface area contributed by atoms with E-state index in [0.717, 1.165) is 36.1 Å². The number of anilines is 1. The van der Waals surface area contributed by atoms with Crippen molar-refractivity contribution < 1.29 is 19.1 Å². The van der Waals surface area contributed by atoms with Crippen LogP contribution in [0, 0.1) is 0 Å². The standard InChI is InChI=1S/C18H24N2O4S/c1-5-19(6-2)14-8-7-13(15(12-14)24-4)11-16-17(21)20(9-10-23-3)18(22)25-16/h7-8,11-12H,5-6,9-10H2,1-4H3/b16-11+. The minimum absolute atomic E-state index is 0.260. The van der Waals surface area contributed by atoms with E-state index in [9.17, 15) is 9.59 Å². The number of carbonyl (C=O) groups excluding carboxylic acids is 2. The molecule has 136 valence electrons. The Morgan fingerprint density at radius 3 is 2.52 bits per heavy atom. The highest BCUT2D eigenvalue weighted by molar-refractivity contribution is 8.18. The van der Waals surface area contributed by atoms with Crippen molar-refractivity contribution >= 4 is 34.7 Å². The predicted molar refractivity (Wildman–Crippen MR) is 101 cm³/mol. The predicted octanol–water partition coefficient (Wildman–Crippen LogP) is 3.22. The van der Waals surface area contributed by atoms with E-state index in [1.165, 1.54) is 12.0 Å². The van der Waals surface area contributed by atoms with E-state index in [0.29, 0.717) is 17.3 Å². The molecule has 0 radical (unpaired) electrons. The number of ether oxygens (including phenoxy) is 2. The largest absolute Gasteiger partial charge is 0.496 e. The van der Waals surface area contributed by atoms with Gasteiger partial charge in [0.2, 0.25) is 0 Å². The molecular weight excluding hydrogens is 340 g/mol. The topological polar surface area (TPSA) is 59.1 Å². The summed E-state index contributed by atoms with van der Waals surface area (Å²) in [6.45, 7) is 6.58. The first kappa shape index (κ1) is 19.3. The number of hydrogen-bond donors (Lipinski definition) is 0. The number of hydrogen-bond acceptors (Lipinski definition) is 6. The van der Waals surface area contributed by atoms with Gasteiger partial charge in [0.25, 0.3) is 11.1 Å². The highest BCUT2D eigenvalue weighted by atomic mass is 32.2. The molecule has 0 aliphatic carbocycles. The SMILES string of the molecule is CCN(CC)c1ccc(/C=C2/SC(=O)N(CCOC)C2=O)c(OC)c1. The van der Waals surface area contributed by atoms with Crippen LogP contribution in [0.4, 0.5) is 10.5 Å². The summed E-state index contributed by atoms with van der Waals surface area (Å²) in [7, 11) is 3.14. The Morgan fingerprint density at radius 1 is 1.20 bits per heavy atom. The number of thioether (sulfide) groups is 1. The maximum Gasteiger partial charge on any atom is 0.293 e. The molecule has 1 saturated heterocycles. The second-order valence-electron chi connectivity index (χ2n) is 5.42. The van der Waals surface area contributed by atoms with Crippen LogP contribution in [0.3, 0.4) is 0 Å². The van der Waals surface area contributed by atoms with Crippen molar-refractivity contribution in [1.29, 1.82) is 0 Å². The fourth-order valence-electron chi connectivity index (χ4n) is 2.62. The van der Waals surface area contributed by atoms with Crippen LogP contribution in [-0.2, 0) is 9.53 Å². The van der Waals surface area contributed by atoms with Gasteiger partial charge in [-0.1, -0.05) is 0 Å². The van der Waals surface area contributed by atoms with Crippen LogP contribution in [0.5, 0.6) is 5.75 Å². The van der Waals surface area contributed by atoms with Crippen LogP contribution in [0.2, 0.25) is 0 Å². The van der Waals surface area contributed by atoms with Gasteiger partial charge in [-0.05, 0) is 43.8 Å². The molecule has 0 atom stereocenters. The van der Waals surface area contributed by atoms with Gasteiger partial charge >= 0.3 is 0 Å². The molecule has 1 aromatic carbocycles. The van der Waals surface area contributed by atoms with Gasteiger partial charge in [0.1, 0.15) is 5.75 Å². The van der Waals surface area contributed by atoms with Crippen molar-refractivity contribution in [3.63, 3.8) is 0 Å². The summed E-state index contributed by atoms with van der Waals surface area (Å²) >= 11 is 0.943. The summed E-state index contributed by atoms with van der Waals surface area (Å²) in [5.74, 6) is 0.384. The molecule has 1 aliphatic heterocycles. The minimum Gasteiger partial charge on any atom is -0.496 e. The van der Waals surface area contributed by atoms with Crippen molar-refractivity contribution in [3.05, 3.63) is 28.7 Å². The Kier molecular flexibility index (Phi) is 6.90. The van der Waals surface area contributed by atoms with Crippen LogP contribution in [0.1, 0.15) is 19.4 Å². The van der Waals surface area contributed by atoms with Crippen molar-refractivity contribution in [3.8, 4) is 5.75 Å². The van der Waals surface area contributed by atoms with Crippen molar-refractivity contribution in [2.24, 2.45) is 0 Å². The van der Waals surface area contributed by atoms with E-state index < -0.39 is 0 Å². The summed E-state index contributed by atoms with van der Waals surface area (Å²) in [6.07, 6.45) is 1.71. The maximum atomic E-state index is 12.4. The summed E-state index contributed by atoms with van der Waals surface area (Å²) in [4.78, 5) is 28.2. The first-order valence-corrected chi connectivity index (χ1v) is 9.04. The van der Waals surface area contributed by atoms with E-state index in [1.807, 2.05) is 18.2 Å². The summed E-state index contributed by atoms with van der Waals surface area (Å²) < 4.78 is 10.4. The number of rotatable bonds is 8. The van der Waals surface area contributed by atoms with E-state index in [1.54, 1.807) is 13.2 Å². The molecule has 1 fully saturated rings. The molecule has 0 unspecified atom stereocenters. The van der Waals surface area contributed by atoms with E-state index in [4.69, 9.17) is 9.47 Å². The molecule has 6 nitrogen and oxygen atoms in total. The van der Waals surface area contributed by atoms with Crippen LogP contribution >= 0.6 is 11.8 Å². The molecule has 0 N–H and O–H groups in total. The lowest BCUT2D eigenvalue weighted by atomic mass is 10.1. The number of amides is 2. The van der Waals surface area contributed by atoms with Gasteiger partial charge in [-0.2, -0.15) is 0 Å². The zero-order chi connectivity index (χ0) is 18.4. The van der Waals surface area contributed by atoms with Crippen LogP contribution in [0.25, 0.3) is 6.08 Å². The second-order valence-corrected chi connectivity index (χ2v) is 6.42. The van der Waals surface area contributed by atoms with Crippen molar-refractivity contribution in [1.82, 2.24) is 4.90 Å². The number of imide groups is 1. The fourth-order valence-corrected chi connectivity index (χ4v) is 3.48. The summed E-state index contributed by atoms with van der Waals surface area (Å²) in [5, 5.41) is -0.271. The molecule has 1 aliphatic rings. The molecule has 2 rings (SSSR count). The lowest BCUT2D eigenvalue weighted by molar-refractivity contribution is -0.123. The molecule has 7 heteroatoms. The molecule has 1 aromatic rings. The highest BCUT2D eigenvalue weighted by Crippen LogP contribution is 2.35. The van der Waals surface area contributed by atoms with Gasteiger partial charge < -0.3 is 14.4 Å². The fraction of sp³-hybridized carbons (Fsp3) is 0.444. The van der Waals surface area contributed by atoms with E-state index >= 15 is 0 Å². The number of methoxy groups -OCH3 is 2. The normalized spacial score (nSPS) is 16.0. The lowest BCUT2D eigenvalue weighted by Crippen LogP contribution is -2.31. The van der Waals surface area contributed by atoms with Crippen LogP contribution in [0.15, 0.2) is 23.1 Å². The lowest BCUT2D eigenvalue weighted by Gasteiger charge is -2.22. The Hall–Kier alpha value is -1.99. The summed E-state index contributed by atoms with van der Waals surface area (Å²) in [6, 6.07) is 5.86. The maximum absolute atomic E-state index is 12.4. The molecule has 0 spiro atoms. The number of nitrogens with zero attached hydrogens (tertiary/aromatic N) is 2. The van der Waals surface area contributed by atoms with E-state index in [2.05, 4.69) is 18.7 Å². The minimum atomic E-state index is -0.290. The first-order chi connectivity index (χ1) is 12.0. The zero-order valence-electron chi connectivity index (χ0n) is 15.1. The second kappa shape index (κ2) is 8.92. The van der Waals surface area contributed by atoms with Gasteiger partial charge in [0.05, 0.1) is 25.2 Å². The van der Waals surface area contributed by atoms with Crippen molar-refractivity contribution in [2.45, 2.75) is 13.8 Å². The first-order valence-electron chi connectivity index (χ1n) is 8.22. The van der Waals surface area contributed by atoms with Gasteiger partial charge in [-0.15, -0.1) is 0 Å². The molecular formula is C18H24N2O4S. The molecule has 0 aromatic heterocycles. The van der Waals surface area contributed by atoms with Crippen LogP contribution in [-0.4, -0.2) is 56.5 Å². The van der Waals surface area contributed by atoms with Gasteiger partial charge in [-0.3, -0.25) is 14.5 Å². The van der Waals surface area contributed by atoms with E-state index in [-0.39, 0.29) is 17.7 Å². The van der Waals surface area contributed by atoms with Gasteiger partial charge in [0, 0.05) is 37.5 Å². The molecule has 2 amide bonds. The Bertz CT molecular complexity index is 671. The smallest absolute Gasteiger partial charge is 0.293 e. The number of benzene rings is 1. The quantitative estimate of drug-likeness (QED) is 0.660. The van der Waals surface area contributed by atoms with Gasteiger partial charge in [-0.25, -0.2) is 0 Å². The monoisotopic (exact) mass is 364 g/mol. The third kappa shape index (κ3) is 4.35. The molecule has 0 bridgehead atoms. The molecule has 0 saturated carbocycles. The van der Waals surface area contributed by atoms with Crippen LogP contribution < -0.4 is 9.64 Å². The Labute approximate surface area is 152 Å². The Balaban J connectivity index is 2.28. The molecule has 1 heterocycles. The third-order valence-corrected chi connectivity index (χ3v) is 4.93. The average Bonchev–Trinajstić information content (AvgIpc) is 2.88. The third-order valence-electron chi connectivity index (χ3n) is 4.02. The zero-order valence-corrected chi connectivity index (χ0v) is 15.9. The van der Waals surface area contributed by atoms with Gasteiger partial charge in [0.15, 0.2) is 0 Å². The average molecular weight is 364 g/mol.